The van der Waals surface area contributed by atoms with Crippen molar-refractivity contribution in [3.63, 3.8) is 0 Å². The predicted molar refractivity (Wildman–Crippen MR) is 90.1 cm³/mol. The molecule has 1 N–H and O–H groups in total. The van der Waals surface area contributed by atoms with E-state index in [2.05, 4.69) is 20.3 Å². The molecular weight excluding hydrogens is 341 g/mol. The van der Waals surface area contributed by atoms with Gasteiger partial charge < -0.3 is 0 Å². The lowest BCUT2D eigenvalue weighted by molar-refractivity contribution is 0.871. The van der Waals surface area contributed by atoms with Crippen LogP contribution in [0.15, 0.2) is 47.8 Å². The van der Waals surface area contributed by atoms with Crippen molar-refractivity contribution in [1.29, 1.82) is 0 Å². The summed E-state index contributed by atoms with van der Waals surface area (Å²) in [4.78, 5) is 3.98. The molecule has 22 heavy (non-hydrogen) atoms. The number of hydrogen-bond donors (Lipinski definition) is 1. The third-order valence-electron chi connectivity index (χ3n) is 2.86. The number of nitrogens with zero attached hydrogens (tertiary/aromatic N) is 4. The first-order chi connectivity index (χ1) is 10.6. The Labute approximate surface area is 141 Å². The number of H-pyrrole nitrogens is 1. The van der Waals surface area contributed by atoms with Gasteiger partial charge in [0.2, 0.25) is 4.77 Å². The SMILES string of the molecule is S=c1[nH]nc(-c2ccncc2)n1/N=C/c1ccc(Cl)cc1Cl. The molecule has 0 atom stereocenters. The van der Waals surface area contributed by atoms with Crippen LogP contribution in [0.2, 0.25) is 10.0 Å². The van der Waals surface area contributed by atoms with Crippen LogP contribution in [0.5, 0.6) is 0 Å². The fraction of sp³-hybridized carbons (Fsp3) is 0. The van der Waals surface area contributed by atoms with Crippen LogP contribution in [0.4, 0.5) is 0 Å². The molecule has 0 saturated carbocycles. The van der Waals surface area contributed by atoms with E-state index in [4.69, 9.17) is 35.4 Å². The minimum absolute atomic E-state index is 0.383. The van der Waals surface area contributed by atoms with Crippen LogP contribution in [0.25, 0.3) is 11.4 Å². The standard InChI is InChI=1S/C14H9Cl2N5S/c15-11-2-1-10(12(16)7-11)8-18-21-13(19-20-14(21)22)9-3-5-17-6-4-9/h1-8H,(H,20,22)/b18-8+. The van der Waals surface area contributed by atoms with Gasteiger partial charge >= 0.3 is 0 Å². The molecule has 2 heterocycles. The van der Waals surface area contributed by atoms with E-state index in [0.29, 0.717) is 20.6 Å². The lowest BCUT2D eigenvalue weighted by atomic mass is 10.2. The molecule has 8 heteroatoms. The second-order valence-electron chi connectivity index (χ2n) is 4.31. The highest BCUT2D eigenvalue weighted by molar-refractivity contribution is 7.71. The van der Waals surface area contributed by atoms with E-state index in [9.17, 15) is 0 Å². The maximum atomic E-state index is 6.12. The zero-order valence-corrected chi connectivity index (χ0v) is 13.4. The Bertz CT molecular complexity index is 886. The Morgan fingerprint density at radius 3 is 2.68 bits per heavy atom. The van der Waals surface area contributed by atoms with E-state index in [1.807, 2.05) is 12.1 Å². The topological polar surface area (TPSA) is 58.9 Å². The number of hydrogen-bond acceptors (Lipinski definition) is 4. The van der Waals surface area contributed by atoms with Gasteiger partial charge in [-0.05, 0) is 36.5 Å². The molecule has 0 amide bonds. The van der Waals surface area contributed by atoms with Crippen LogP contribution in [0.1, 0.15) is 5.56 Å². The monoisotopic (exact) mass is 349 g/mol. The first kappa shape index (κ1) is 14.9. The fourth-order valence-electron chi connectivity index (χ4n) is 1.81. The molecule has 110 valence electrons. The maximum Gasteiger partial charge on any atom is 0.216 e. The molecule has 0 bridgehead atoms. The highest BCUT2D eigenvalue weighted by Crippen LogP contribution is 2.20. The van der Waals surface area contributed by atoms with Gasteiger partial charge in [0, 0.05) is 28.5 Å². The zero-order valence-electron chi connectivity index (χ0n) is 11.1. The van der Waals surface area contributed by atoms with Crippen LogP contribution >= 0.6 is 35.4 Å². The third kappa shape index (κ3) is 3.09. The van der Waals surface area contributed by atoms with E-state index >= 15 is 0 Å². The van der Waals surface area contributed by atoms with E-state index in [1.165, 1.54) is 4.68 Å². The van der Waals surface area contributed by atoms with Crippen molar-refractivity contribution in [2.75, 3.05) is 0 Å². The zero-order chi connectivity index (χ0) is 15.5. The van der Waals surface area contributed by atoms with Crippen molar-refractivity contribution in [3.05, 3.63) is 63.1 Å². The largest absolute Gasteiger partial charge is 0.265 e. The second-order valence-corrected chi connectivity index (χ2v) is 5.54. The van der Waals surface area contributed by atoms with Gasteiger partial charge in [0.1, 0.15) is 0 Å². The smallest absolute Gasteiger partial charge is 0.216 e. The summed E-state index contributed by atoms with van der Waals surface area (Å²) in [6.07, 6.45) is 4.96. The quantitative estimate of drug-likeness (QED) is 0.569. The van der Waals surface area contributed by atoms with E-state index in [1.54, 1.807) is 36.8 Å². The first-order valence-electron chi connectivity index (χ1n) is 6.22. The molecule has 0 radical (unpaired) electrons. The van der Waals surface area contributed by atoms with Gasteiger partial charge in [-0.2, -0.15) is 14.9 Å². The molecule has 3 rings (SSSR count). The maximum absolute atomic E-state index is 6.12. The number of pyridine rings is 1. The van der Waals surface area contributed by atoms with Gasteiger partial charge in [-0.3, -0.25) is 4.98 Å². The predicted octanol–water partition coefficient (Wildman–Crippen LogP) is 4.19. The van der Waals surface area contributed by atoms with E-state index < -0.39 is 0 Å². The number of nitrogens with one attached hydrogen (secondary N) is 1. The summed E-state index contributed by atoms with van der Waals surface area (Å²) >= 11 is 17.2. The number of benzene rings is 1. The summed E-state index contributed by atoms with van der Waals surface area (Å²) in [7, 11) is 0. The molecule has 0 unspecified atom stereocenters. The summed E-state index contributed by atoms with van der Waals surface area (Å²) in [6, 6.07) is 8.83. The molecule has 0 aliphatic rings. The highest BCUT2D eigenvalue weighted by atomic mass is 35.5. The summed E-state index contributed by atoms with van der Waals surface area (Å²) in [6.45, 7) is 0. The van der Waals surface area contributed by atoms with E-state index in [0.717, 1.165) is 11.1 Å². The molecule has 0 aliphatic heterocycles. The normalized spacial score (nSPS) is 11.2. The number of aromatic nitrogens is 4. The van der Waals surface area contributed by atoms with Crippen molar-refractivity contribution in [3.8, 4) is 11.4 Å². The molecule has 0 fully saturated rings. The lowest BCUT2D eigenvalue weighted by Gasteiger charge is -2.01. The molecule has 0 spiro atoms. The molecule has 3 aromatic rings. The van der Waals surface area contributed by atoms with Crippen LogP contribution in [-0.2, 0) is 0 Å². The Hall–Kier alpha value is -2.02. The van der Waals surface area contributed by atoms with Crippen LogP contribution in [0.3, 0.4) is 0 Å². The van der Waals surface area contributed by atoms with Crippen molar-refractivity contribution < 1.29 is 0 Å². The average molecular weight is 350 g/mol. The van der Waals surface area contributed by atoms with Gasteiger partial charge in [0.15, 0.2) is 5.82 Å². The van der Waals surface area contributed by atoms with Crippen molar-refractivity contribution in [1.82, 2.24) is 19.9 Å². The summed E-state index contributed by atoms with van der Waals surface area (Å²) in [5.74, 6) is 0.591. The Morgan fingerprint density at radius 1 is 1.18 bits per heavy atom. The first-order valence-corrected chi connectivity index (χ1v) is 7.39. The van der Waals surface area contributed by atoms with Gasteiger partial charge in [-0.15, -0.1) is 0 Å². The third-order valence-corrected chi connectivity index (χ3v) is 3.69. The minimum atomic E-state index is 0.383. The molecule has 5 nitrogen and oxygen atoms in total. The Kier molecular flexibility index (Phi) is 4.33. The number of rotatable bonds is 3. The fourth-order valence-corrected chi connectivity index (χ4v) is 2.45. The number of aromatic amines is 1. The average Bonchev–Trinajstić information content (AvgIpc) is 2.88. The van der Waals surface area contributed by atoms with Crippen LogP contribution < -0.4 is 0 Å². The summed E-state index contributed by atoms with van der Waals surface area (Å²) < 4.78 is 1.91. The van der Waals surface area contributed by atoms with Gasteiger partial charge in [-0.25, -0.2) is 5.10 Å². The van der Waals surface area contributed by atoms with Gasteiger partial charge in [-0.1, -0.05) is 29.3 Å². The number of halogens is 2. The Morgan fingerprint density at radius 2 is 1.95 bits per heavy atom. The summed E-state index contributed by atoms with van der Waals surface area (Å²) in [5, 5.41) is 12.3. The molecular formula is C14H9Cl2N5S. The molecule has 2 aromatic heterocycles. The van der Waals surface area contributed by atoms with Gasteiger partial charge in [0.25, 0.3) is 0 Å². The van der Waals surface area contributed by atoms with Gasteiger partial charge in [0.05, 0.1) is 11.2 Å². The Balaban J connectivity index is 2.01. The molecule has 0 saturated heterocycles. The highest BCUT2D eigenvalue weighted by Gasteiger charge is 2.07. The van der Waals surface area contributed by atoms with Crippen molar-refractivity contribution in [2.24, 2.45) is 5.10 Å². The second kappa shape index (κ2) is 6.39. The summed E-state index contributed by atoms with van der Waals surface area (Å²) in [5.41, 5.74) is 1.58. The van der Waals surface area contributed by atoms with Crippen molar-refractivity contribution in [2.45, 2.75) is 0 Å². The molecule has 1 aromatic carbocycles. The lowest BCUT2D eigenvalue weighted by Crippen LogP contribution is -1.95. The van der Waals surface area contributed by atoms with E-state index in [-0.39, 0.29) is 0 Å². The van der Waals surface area contributed by atoms with Crippen LogP contribution in [0, 0.1) is 4.77 Å². The van der Waals surface area contributed by atoms with Crippen molar-refractivity contribution >= 4 is 41.6 Å². The molecule has 0 aliphatic carbocycles. The van der Waals surface area contributed by atoms with Crippen LogP contribution in [-0.4, -0.2) is 26.1 Å². The minimum Gasteiger partial charge on any atom is -0.265 e.